The molecule has 5 nitrogen and oxygen atoms in total. The third-order valence-corrected chi connectivity index (χ3v) is 5.82. The summed E-state index contributed by atoms with van der Waals surface area (Å²) in [6, 6.07) is 21.4. The number of carbonyl (C=O) groups is 1. The minimum Gasteiger partial charge on any atom is -0.321 e. The summed E-state index contributed by atoms with van der Waals surface area (Å²) in [7, 11) is 0. The van der Waals surface area contributed by atoms with E-state index in [1.807, 2.05) is 92.2 Å². The number of carbonyl (C=O) groups excluding carboxylic acids is 1. The molecule has 1 N–H and O–H groups in total. The molecule has 0 unspecified atom stereocenters. The van der Waals surface area contributed by atoms with Crippen LogP contribution in [0.25, 0.3) is 22.3 Å². The molecule has 6 heteroatoms. The molecule has 0 aliphatic carbocycles. The topological polar surface area (TPSA) is 70.7 Å². The number of nitriles is 1. The van der Waals surface area contributed by atoms with Crippen molar-refractivity contribution in [3.8, 4) is 22.3 Å². The molecule has 4 aromatic rings. The maximum atomic E-state index is 12.8. The number of nitrogens with zero attached hydrogens (tertiary/aromatic N) is 3. The second-order valence-electron chi connectivity index (χ2n) is 7.11. The number of hydrogen-bond acceptors (Lipinski definition) is 4. The fourth-order valence-electron chi connectivity index (χ4n) is 3.13. The molecular weight excluding hydrogens is 404 g/mol. The molecule has 1 amide bonds. The van der Waals surface area contributed by atoms with Crippen LogP contribution in [0.4, 0.5) is 5.69 Å². The van der Waals surface area contributed by atoms with Crippen molar-refractivity contribution >= 4 is 29.0 Å². The SMILES string of the molecule is Cc1ccc(NC(=O)/C(C#N)=C/c2cn(-c3ccccc3)nc2-c2cccs2)cc1C. The molecule has 0 aliphatic heterocycles. The zero-order chi connectivity index (χ0) is 21.8. The fraction of sp³-hybridized carbons (Fsp3) is 0.0800. The largest absolute Gasteiger partial charge is 0.321 e. The fourth-order valence-corrected chi connectivity index (χ4v) is 3.86. The van der Waals surface area contributed by atoms with Gasteiger partial charge in [0, 0.05) is 17.4 Å². The number of rotatable bonds is 5. The number of para-hydroxylation sites is 1. The number of nitrogens with one attached hydrogen (secondary N) is 1. The highest BCUT2D eigenvalue weighted by molar-refractivity contribution is 7.13. The van der Waals surface area contributed by atoms with Crippen molar-refractivity contribution in [2.24, 2.45) is 0 Å². The lowest BCUT2D eigenvalue weighted by Crippen LogP contribution is -2.13. The number of aryl methyl sites for hydroxylation is 2. The summed E-state index contributed by atoms with van der Waals surface area (Å²) in [4.78, 5) is 13.8. The van der Waals surface area contributed by atoms with Gasteiger partial charge in [0.1, 0.15) is 17.3 Å². The molecule has 0 saturated carbocycles. The molecular formula is C25H20N4OS. The van der Waals surface area contributed by atoms with Gasteiger partial charge in [-0.25, -0.2) is 4.68 Å². The second-order valence-corrected chi connectivity index (χ2v) is 8.06. The smallest absolute Gasteiger partial charge is 0.266 e. The number of aromatic nitrogens is 2. The Kier molecular flexibility index (Phi) is 5.78. The molecule has 0 spiro atoms. The van der Waals surface area contributed by atoms with Crippen molar-refractivity contribution < 1.29 is 4.79 Å². The third kappa shape index (κ3) is 4.47. The van der Waals surface area contributed by atoms with Crippen molar-refractivity contribution in [3.63, 3.8) is 0 Å². The Bertz CT molecular complexity index is 1300. The van der Waals surface area contributed by atoms with Crippen molar-refractivity contribution in [1.82, 2.24) is 9.78 Å². The van der Waals surface area contributed by atoms with Gasteiger partial charge in [-0.1, -0.05) is 30.3 Å². The van der Waals surface area contributed by atoms with Gasteiger partial charge in [0.25, 0.3) is 5.91 Å². The van der Waals surface area contributed by atoms with E-state index in [2.05, 4.69) is 5.32 Å². The second kappa shape index (κ2) is 8.82. The van der Waals surface area contributed by atoms with Gasteiger partial charge in [0.2, 0.25) is 0 Å². The zero-order valence-corrected chi connectivity index (χ0v) is 18.0. The van der Waals surface area contributed by atoms with E-state index in [9.17, 15) is 10.1 Å². The minimum atomic E-state index is -0.449. The van der Waals surface area contributed by atoms with Crippen molar-refractivity contribution in [2.75, 3.05) is 5.32 Å². The lowest BCUT2D eigenvalue weighted by atomic mass is 10.1. The van der Waals surface area contributed by atoms with Gasteiger partial charge < -0.3 is 5.32 Å². The Balaban J connectivity index is 1.71. The Labute approximate surface area is 184 Å². The Hall–Kier alpha value is -3.95. The van der Waals surface area contributed by atoms with Crippen LogP contribution in [0.15, 0.2) is 77.8 Å². The maximum Gasteiger partial charge on any atom is 0.266 e. The molecule has 2 heterocycles. The first kappa shape index (κ1) is 20.3. The highest BCUT2D eigenvalue weighted by Crippen LogP contribution is 2.29. The molecule has 0 fully saturated rings. The number of thiophene rings is 1. The van der Waals surface area contributed by atoms with Crippen LogP contribution in [0, 0.1) is 25.2 Å². The van der Waals surface area contributed by atoms with Gasteiger partial charge in [-0.05, 0) is 66.8 Å². The summed E-state index contributed by atoms with van der Waals surface area (Å²) in [5.41, 5.74) is 5.23. The molecule has 4 rings (SSSR count). The predicted octanol–water partition coefficient (Wildman–Crippen LogP) is 5.76. The number of benzene rings is 2. The quantitative estimate of drug-likeness (QED) is 0.327. The first-order valence-corrected chi connectivity index (χ1v) is 10.6. The number of amides is 1. The standard InChI is InChI=1S/C25H20N4OS/c1-17-10-11-21(13-18(17)2)27-25(30)19(15-26)14-20-16-29(22-7-4-3-5-8-22)28-24(20)23-9-6-12-31-23/h3-14,16H,1-2H3,(H,27,30)/b19-14+. The van der Waals surface area contributed by atoms with Crippen LogP contribution < -0.4 is 5.32 Å². The maximum absolute atomic E-state index is 12.8. The normalized spacial score (nSPS) is 11.2. The minimum absolute atomic E-state index is 0.0173. The van der Waals surface area contributed by atoms with E-state index in [1.165, 1.54) is 0 Å². The summed E-state index contributed by atoms with van der Waals surface area (Å²) in [6.45, 7) is 4.00. The molecule has 0 saturated heterocycles. The van der Waals surface area contributed by atoms with Crippen LogP contribution in [0.5, 0.6) is 0 Å². The van der Waals surface area contributed by atoms with Crippen LogP contribution in [-0.4, -0.2) is 15.7 Å². The van der Waals surface area contributed by atoms with E-state index >= 15 is 0 Å². The Morgan fingerprint density at radius 3 is 2.58 bits per heavy atom. The summed E-state index contributed by atoms with van der Waals surface area (Å²) in [5, 5.41) is 19.2. The van der Waals surface area contributed by atoms with E-state index in [0.29, 0.717) is 11.3 Å². The molecule has 0 bridgehead atoms. The van der Waals surface area contributed by atoms with Crippen LogP contribution >= 0.6 is 11.3 Å². The zero-order valence-electron chi connectivity index (χ0n) is 17.2. The first-order chi connectivity index (χ1) is 15.0. The van der Waals surface area contributed by atoms with Gasteiger partial charge in [-0.15, -0.1) is 11.3 Å². The summed E-state index contributed by atoms with van der Waals surface area (Å²) < 4.78 is 1.76. The average Bonchev–Trinajstić information content (AvgIpc) is 3.45. The van der Waals surface area contributed by atoms with Crippen molar-refractivity contribution in [1.29, 1.82) is 5.26 Å². The Morgan fingerprint density at radius 1 is 1.10 bits per heavy atom. The van der Waals surface area contributed by atoms with Crippen LogP contribution in [-0.2, 0) is 4.79 Å². The molecule has 2 aromatic carbocycles. The Morgan fingerprint density at radius 2 is 1.90 bits per heavy atom. The van der Waals surface area contributed by atoms with Gasteiger partial charge in [-0.3, -0.25) is 4.79 Å². The van der Waals surface area contributed by atoms with Crippen molar-refractivity contribution in [3.05, 3.63) is 94.5 Å². The molecule has 152 valence electrons. The predicted molar refractivity (Wildman–Crippen MR) is 125 cm³/mol. The van der Waals surface area contributed by atoms with E-state index < -0.39 is 5.91 Å². The molecule has 0 atom stereocenters. The molecule has 2 aromatic heterocycles. The van der Waals surface area contributed by atoms with Gasteiger partial charge >= 0.3 is 0 Å². The van der Waals surface area contributed by atoms with Gasteiger partial charge in [0.15, 0.2) is 0 Å². The number of anilines is 1. The lowest BCUT2D eigenvalue weighted by Gasteiger charge is -2.07. The average molecular weight is 425 g/mol. The summed E-state index contributed by atoms with van der Waals surface area (Å²) in [6.07, 6.45) is 3.43. The first-order valence-electron chi connectivity index (χ1n) is 9.74. The number of hydrogen-bond donors (Lipinski definition) is 1. The molecule has 31 heavy (non-hydrogen) atoms. The van der Waals surface area contributed by atoms with E-state index in [0.717, 1.165) is 27.4 Å². The highest BCUT2D eigenvalue weighted by atomic mass is 32.1. The monoisotopic (exact) mass is 424 g/mol. The molecule has 0 aliphatic rings. The van der Waals surface area contributed by atoms with E-state index in [4.69, 9.17) is 5.10 Å². The lowest BCUT2D eigenvalue weighted by molar-refractivity contribution is -0.112. The van der Waals surface area contributed by atoms with Crippen molar-refractivity contribution in [2.45, 2.75) is 13.8 Å². The van der Waals surface area contributed by atoms with Crippen LogP contribution in [0.1, 0.15) is 16.7 Å². The summed E-state index contributed by atoms with van der Waals surface area (Å²) >= 11 is 1.56. The van der Waals surface area contributed by atoms with Crippen LogP contribution in [0.3, 0.4) is 0 Å². The third-order valence-electron chi connectivity index (χ3n) is 4.95. The van der Waals surface area contributed by atoms with Gasteiger partial charge in [-0.2, -0.15) is 10.4 Å². The van der Waals surface area contributed by atoms with Crippen LogP contribution in [0.2, 0.25) is 0 Å². The van der Waals surface area contributed by atoms with E-state index in [-0.39, 0.29) is 5.57 Å². The molecule has 0 radical (unpaired) electrons. The highest BCUT2D eigenvalue weighted by Gasteiger charge is 2.16. The summed E-state index contributed by atoms with van der Waals surface area (Å²) in [5.74, 6) is -0.449. The van der Waals surface area contributed by atoms with E-state index in [1.54, 1.807) is 22.1 Å². The van der Waals surface area contributed by atoms with Gasteiger partial charge in [0.05, 0.1) is 10.6 Å².